The van der Waals surface area contributed by atoms with Crippen molar-refractivity contribution in [1.82, 2.24) is 10.6 Å². The fourth-order valence-electron chi connectivity index (χ4n) is 2.48. The maximum atomic E-state index is 12.0. The van der Waals surface area contributed by atoms with Gasteiger partial charge in [-0.05, 0) is 37.3 Å². The molecule has 19 heavy (non-hydrogen) atoms. The maximum absolute atomic E-state index is 12.0. The highest BCUT2D eigenvalue weighted by molar-refractivity contribution is 5.86. The zero-order chi connectivity index (χ0) is 13.8. The molecule has 0 radical (unpaired) electrons. The number of carbonyl (C=O) groups excluding carboxylic acids is 2. The average molecular weight is 261 g/mol. The van der Waals surface area contributed by atoms with Crippen LogP contribution >= 0.6 is 0 Å². The first-order valence-electron chi connectivity index (χ1n) is 6.52. The molecule has 0 heterocycles. The van der Waals surface area contributed by atoms with Gasteiger partial charge >= 0.3 is 6.03 Å². The summed E-state index contributed by atoms with van der Waals surface area (Å²) >= 11 is 0. The first kappa shape index (κ1) is 13.4. The van der Waals surface area contributed by atoms with Gasteiger partial charge < -0.3 is 16.4 Å². The van der Waals surface area contributed by atoms with E-state index >= 15 is 0 Å². The van der Waals surface area contributed by atoms with E-state index in [1.54, 1.807) is 6.92 Å². The number of hydrogen-bond donors (Lipinski definition) is 3. The van der Waals surface area contributed by atoms with E-state index in [1.807, 2.05) is 18.2 Å². The summed E-state index contributed by atoms with van der Waals surface area (Å²) in [6.07, 6.45) is 3.03. The third kappa shape index (κ3) is 3.24. The van der Waals surface area contributed by atoms with Crippen LogP contribution in [0.2, 0.25) is 0 Å². The van der Waals surface area contributed by atoms with Crippen molar-refractivity contribution < 1.29 is 9.59 Å². The van der Waals surface area contributed by atoms with Crippen molar-refractivity contribution in [3.05, 3.63) is 35.4 Å². The number of fused-ring (bicyclic) bond motifs is 1. The van der Waals surface area contributed by atoms with Crippen LogP contribution in [0.15, 0.2) is 24.3 Å². The number of nitrogens with two attached hydrogens (primary N) is 1. The topological polar surface area (TPSA) is 84.2 Å². The van der Waals surface area contributed by atoms with Gasteiger partial charge in [0, 0.05) is 0 Å². The highest BCUT2D eigenvalue weighted by Gasteiger charge is 2.23. The lowest BCUT2D eigenvalue weighted by atomic mass is 9.87. The molecular formula is C14H19N3O2. The monoisotopic (exact) mass is 261 g/mol. The van der Waals surface area contributed by atoms with Gasteiger partial charge in [0.1, 0.15) is 6.04 Å². The minimum absolute atomic E-state index is 0.0228. The molecule has 0 fully saturated rings. The van der Waals surface area contributed by atoms with Gasteiger partial charge in [-0.1, -0.05) is 24.3 Å². The van der Waals surface area contributed by atoms with E-state index in [0.29, 0.717) is 0 Å². The first-order valence-corrected chi connectivity index (χ1v) is 6.52. The van der Waals surface area contributed by atoms with Gasteiger partial charge in [0.25, 0.3) is 0 Å². The molecule has 0 aliphatic heterocycles. The van der Waals surface area contributed by atoms with E-state index in [1.165, 1.54) is 11.1 Å². The Kier molecular flexibility index (Phi) is 4.04. The first-order chi connectivity index (χ1) is 9.08. The van der Waals surface area contributed by atoms with Crippen LogP contribution in [-0.4, -0.2) is 18.0 Å². The molecule has 2 atom stereocenters. The molecule has 1 aliphatic carbocycles. The fourth-order valence-corrected chi connectivity index (χ4v) is 2.48. The number of primary amides is 1. The fraction of sp³-hybridized carbons (Fsp3) is 0.429. The molecule has 1 aromatic rings. The van der Waals surface area contributed by atoms with E-state index in [0.717, 1.165) is 19.3 Å². The molecule has 3 amide bonds. The van der Waals surface area contributed by atoms with Crippen molar-refractivity contribution in [2.75, 3.05) is 0 Å². The van der Waals surface area contributed by atoms with E-state index < -0.39 is 12.1 Å². The summed E-state index contributed by atoms with van der Waals surface area (Å²) in [4.78, 5) is 22.7. The van der Waals surface area contributed by atoms with Crippen molar-refractivity contribution in [3.63, 3.8) is 0 Å². The second-order valence-electron chi connectivity index (χ2n) is 4.88. The van der Waals surface area contributed by atoms with Crippen LogP contribution in [0.4, 0.5) is 4.79 Å². The van der Waals surface area contributed by atoms with Crippen LogP contribution < -0.4 is 16.4 Å². The van der Waals surface area contributed by atoms with Gasteiger partial charge in [-0.3, -0.25) is 4.79 Å². The SMILES string of the molecule is CC(NC(N)=O)C(=O)NC1CCCc2ccccc21. The Bertz CT molecular complexity index is 487. The van der Waals surface area contributed by atoms with Crippen molar-refractivity contribution >= 4 is 11.9 Å². The zero-order valence-electron chi connectivity index (χ0n) is 11.0. The molecule has 0 saturated heterocycles. The molecule has 4 N–H and O–H groups in total. The Hall–Kier alpha value is -2.04. The molecule has 1 aromatic carbocycles. The van der Waals surface area contributed by atoms with Crippen molar-refractivity contribution in [3.8, 4) is 0 Å². The molecule has 0 spiro atoms. The van der Waals surface area contributed by atoms with Crippen molar-refractivity contribution in [2.45, 2.75) is 38.3 Å². The molecular weight excluding hydrogens is 242 g/mol. The quantitative estimate of drug-likeness (QED) is 0.764. The lowest BCUT2D eigenvalue weighted by Gasteiger charge is -2.27. The summed E-state index contributed by atoms with van der Waals surface area (Å²) in [6.45, 7) is 1.62. The minimum Gasteiger partial charge on any atom is -0.352 e. The zero-order valence-corrected chi connectivity index (χ0v) is 11.0. The summed E-state index contributed by atoms with van der Waals surface area (Å²) in [7, 11) is 0. The standard InChI is InChI=1S/C14H19N3O2/c1-9(16-14(15)19)13(18)17-12-8-4-6-10-5-2-3-7-11(10)12/h2-3,5,7,9,12H,4,6,8H2,1H3,(H,17,18)(H3,15,16,19). The van der Waals surface area contributed by atoms with Gasteiger partial charge in [0.15, 0.2) is 0 Å². The Morgan fingerprint density at radius 3 is 2.84 bits per heavy atom. The van der Waals surface area contributed by atoms with E-state index in [4.69, 9.17) is 5.73 Å². The van der Waals surface area contributed by atoms with Crippen LogP contribution in [0, 0.1) is 0 Å². The number of amides is 3. The molecule has 5 heteroatoms. The lowest BCUT2D eigenvalue weighted by molar-refractivity contribution is -0.123. The van der Waals surface area contributed by atoms with E-state index in [2.05, 4.69) is 16.7 Å². The molecule has 0 bridgehead atoms. The van der Waals surface area contributed by atoms with Crippen LogP contribution in [0.25, 0.3) is 0 Å². The van der Waals surface area contributed by atoms with Crippen LogP contribution in [-0.2, 0) is 11.2 Å². The van der Waals surface area contributed by atoms with Gasteiger partial charge in [0.05, 0.1) is 6.04 Å². The maximum Gasteiger partial charge on any atom is 0.312 e. The Morgan fingerprint density at radius 2 is 2.11 bits per heavy atom. The molecule has 5 nitrogen and oxygen atoms in total. The van der Waals surface area contributed by atoms with Crippen molar-refractivity contribution in [2.24, 2.45) is 5.73 Å². The van der Waals surface area contributed by atoms with Crippen LogP contribution in [0.5, 0.6) is 0 Å². The third-order valence-corrected chi connectivity index (χ3v) is 3.44. The van der Waals surface area contributed by atoms with Crippen LogP contribution in [0.1, 0.15) is 36.9 Å². The summed E-state index contributed by atoms with van der Waals surface area (Å²) < 4.78 is 0. The highest BCUT2D eigenvalue weighted by Crippen LogP contribution is 2.29. The van der Waals surface area contributed by atoms with Gasteiger partial charge in [0.2, 0.25) is 5.91 Å². The second-order valence-corrected chi connectivity index (χ2v) is 4.88. The Labute approximate surface area is 112 Å². The predicted octanol–water partition coefficient (Wildman–Crippen LogP) is 1.24. The number of rotatable bonds is 3. The Morgan fingerprint density at radius 1 is 1.37 bits per heavy atom. The smallest absolute Gasteiger partial charge is 0.312 e. The van der Waals surface area contributed by atoms with Crippen LogP contribution in [0.3, 0.4) is 0 Å². The minimum atomic E-state index is -0.688. The third-order valence-electron chi connectivity index (χ3n) is 3.44. The summed E-state index contributed by atoms with van der Waals surface area (Å²) in [5.74, 6) is -0.208. The lowest BCUT2D eigenvalue weighted by Crippen LogP contribution is -2.47. The molecule has 0 aromatic heterocycles. The summed E-state index contributed by atoms with van der Waals surface area (Å²) in [5.41, 5.74) is 7.47. The largest absolute Gasteiger partial charge is 0.352 e. The number of nitrogens with one attached hydrogen (secondary N) is 2. The number of aryl methyl sites for hydroxylation is 1. The van der Waals surface area contributed by atoms with E-state index in [-0.39, 0.29) is 11.9 Å². The van der Waals surface area contributed by atoms with Gasteiger partial charge in [-0.25, -0.2) is 4.79 Å². The highest BCUT2D eigenvalue weighted by atomic mass is 16.2. The predicted molar refractivity (Wildman–Crippen MR) is 72.4 cm³/mol. The van der Waals surface area contributed by atoms with Gasteiger partial charge in [-0.15, -0.1) is 0 Å². The number of urea groups is 1. The molecule has 1 aliphatic rings. The summed E-state index contributed by atoms with van der Waals surface area (Å²) in [6, 6.07) is 6.85. The number of benzene rings is 1. The molecule has 102 valence electrons. The molecule has 2 rings (SSSR count). The normalized spacial score (nSPS) is 19.1. The Balaban J connectivity index is 2.04. The average Bonchev–Trinajstić information content (AvgIpc) is 2.38. The molecule has 2 unspecified atom stereocenters. The summed E-state index contributed by atoms with van der Waals surface area (Å²) in [5, 5.41) is 5.35. The number of carbonyl (C=O) groups is 2. The van der Waals surface area contributed by atoms with Gasteiger partial charge in [-0.2, -0.15) is 0 Å². The van der Waals surface area contributed by atoms with Crippen molar-refractivity contribution in [1.29, 1.82) is 0 Å². The number of hydrogen-bond acceptors (Lipinski definition) is 2. The second kappa shape index (κ2) is 5.73. The van der Waals surface area contributed by atoms with E-state index in [9.17, 15) is 9.59 Å². The molecule has 0 saturated carbocycles.